The number of hydrogen-bond acceptors (Lipinski definition) is 7. The third-order valence-corrected chi connectivity index (χ3v) is 5.54. The molecule has 1 atom stereocenters. The molecule has 0 bridgehead atoms. The molecule has 1 fully saturated rings. The van der Waals surface area contributed by atoms with Crippen molar-refractivity contribution in [3.05, 3.63) is 30.4 Å². The lowest BCUT2D eigenvalue weighted by Crippen LogP contribution is -2.43. The van der Waals surface area contributed by atoms with Gasteiger partial charge in [-0.05, 0) is 25.5 Å². The highest BCUT2D eigenvalue weighted by atomic mass is 16.5. The van der Waals surface area contributed by atoms with Gasteiger partial charge in [-0.15, -0.1) is 10.2 Å². The van der Waals surface area contributed by atoms with E-state index < -0.39 is 0 Å². The number of aromatic nitrogens is 6. The molecule has 0 radical (unpaired) electrons. The van der Waals surface area contributed by atoms with Crippen LogP contribution in [0.25, 0.3) is 27.8 Å². The molecule has 0 aromatic carbocycles. The summed E-state index contributed by atoms with van der Waals surface area (Å²) in [6.07, 6.45) is 5.17. The van der Waals surface area contributed by atoms with Gasteiger partial charge in [0.15, 0.2) is 5.65 Å². The predicted octanol–water partition coefficient (Wildman–Crippen LogP) is 2.02. The standard InChI is InChI=1S/C20H22N8O2/c1-11-25-26-15-6-4-12(9-28(11)15)14-8-21-18-17(14)19(30-3)24-20(23-18)22-13-5-7-16(29)27(2)10-13/h4,6,8-9,13H,5,7,10H2,1-3H3,(H2,21,22,23,24)/t13-/m1/s1. The molecule has 154 valence electrons. The first-order chi connectivity index (χ1) is 14.5. The number of aromatic amines is 1. The van der Waals surface area contributed by atoms with Crippen molar-refractivity contribution in [2.45, 2.75) is 25.8 Å². The maximum atomic E-state index is 11.7. The van der Waals surface area contributed by atoms with Crippen LogP contribution in [0.4, 0.5) is 5.95 Å². The quantitative estimate of drug-likeness (QED) is 0.533. The number of likely N-dealkylation sites (N-methyl/N-ethyl adjacent to an activating group) is 1. The van der Waals surface area contributed by atoms with E-state index in [1.807, 2.05) is 42.9 Å². The SMILES string of the molecule is COc1nc(N[C@@H]2CCC(=O)N(C)C2)nc2[nH]cc(-c3ccc4nnc(C)n4c3)c12. The Hall–Kier alpha value is -3.69. The number of anilines is 1. The van der Waals surface area contributed by atoms with Gasteiger partial charge in [0.05, 0.1) is 12.5 Å². The zero-order valence-corrected chi connectivity index (χ0v) is 17.0. The lowest BCUT2D eigenvalue weighted by atomic mass is 10.1. The van der Waals surface area contributed by atoms with Crippen LogP contribution in [0.2, 0.25) is 0 Å². The van der Waals surface area contributed by atoms with Gasteiger partial charge in [0.1, 0.15) is 11.5 Å². The van der Waals surface area contributed by atoms with Crippen LogP contribution in [0.1, 0.15) is 18.7 Å². The Morgan fingerprint density at radius 3 is 2.93 bits per heavy atom. The first-order valence-electron chi connectivity index (χ1n) is 9.79. The Labute approximate surface area is 172 Å². The number of ether oxygens (including phenoxy) is 1. The van der Waals surface area contributed by atoms with Gasteiger partial charge in [-0.3, -0.25) is 9.20 Å². The number of rotatable bonds is 4. The van der Waals surface area contributed by atoms with Crippen molar-refractivity contribution in [2.24, 2.45) is 0 Å². The number of nitrogens with one attached hydrogen (secondary N) is 2. The number of nitrogens with zero attached hydrogens (tertiary/aromatic N) is 6. The maximum absolute atomic E-state index is 11.7. The molecule has 10 heteroatoms. The molecule has 1 amide bonds. The van der Waals surface area contributed by atoms with E-state index in [-0.39, 0.29) is 11.9 Å². The van der Waals surface area contributed by atoms with Crippen LogP contribution in [0.15, 0.2) is 24.5 Å². The number of hydrogen-bond donors (Lipinski definition) is 2. The van der Waals surface area contributed by atoms with Crippen LogP contribution < -0.4 is 10.1 Å². The molecule has 0 saturated carbocycles. The van der Waals surface area contributed by atoms with E-state index in [1.165, 1.54) is 0 Å². The topological polar surface area (TPSA) is 113 Å². The highest BCUT2D eigenvalue weighted by Gasteiger charge is 2.24. The second kappa shape index (κ2) is 6.97. The van der Waals surface area contributed by atoms with Crippen molar-refractivity contribution in [3.63, 3.8) is 0 Å². The summed E-state index contributed by atoms with van der Waals surface area (Å²) in [5.41, 5.74) is 3.39. The minimum absolute atomic E-state index is 0.100. The van der Waals surface area contributed by atoms with Crippen molar-refractivity contribution in [1.82, 2.24) is 34.4 Å². The van der Waals surface area contributed by atoms with E-state index in [9.17, 15) is 4.79 Å². The van der Waals surface area contributed by atoms with Crippen LogP contribution >= 0.6 is 0 Å². The fourth-order valence-corrected chi connectivity index (χ4v) is 3.92. The number of amides is 1. The molecular weight excluding hydrogens is 384 g/mol. The van der Waals surface area contributed by atoms with Crippen LogP contribution in [0, 0.1) is 6.92 Å². The van der Waals surface area contributed by atoms with Gasteiger partial charge < -0.3 is 19.9 Å². The highest BCUT2D eigenvalue weighted by molar-refractivity contribution is 5.97. The Morgan fingerprint density at radius 2 is 2.13 bits per heavy atom. The molecule has 5 heterocycles. The number of pyridine rings is 1. The number of methoxy groups -OCH3 is 1. The summed E-state index contributed by atoms with van der Waals surface area (Å²) >= 11 is 0. The number of likely N-dealkylation sites (tertiary alicyclic amines) is 1. The minimum Gasteiger partial charge on any atom is -0.480 e. The lowest BCUT2D eigenvalue weighted by Gasteiger charge is -2.30. The Balaban J connectivity index is 1.52. The number of piperidine rings is 1. The molecule has 0 spiro atoms. The summed E-state index contributed by atoms with van der Waals surface area (Å²) in [5, 5.41) is 12.4. The summed E-state index contributed by atoms with van der Waals surface area (Å²) in [4.78, 5) is 25.9. The largest absolute Gasteiger partial charge is 0.480 e. The fourth-order valence-electron chi connectivity index (χ4n) is 3.92. The minimum atomic E-state index is 0.100. The number of H-pyrrole nitrogens is 1. The maximum Gasteiger partial charge on any atom is 0.228 e. The molecule has 30 heavy (non-hydrogen) atoms. The van der Waals surface area contributed by atoms with Crippen LogP contribution in [0.3, 0.4) is 0 Å². The monoisotopic (exact) mass is 406 g/mol. The van der Waals surface area contributed by atoms with E-state index in [0.717, 1.165) is 34.4 Å². The zero-order chi connectivity index (χ0) is 20.8. The van der Waals surface area contributed by atoms with Crippen molar-refractivity contribution >= 4 is 28.5 Å². The third kappa shape index (κ3) is 3.00. The predicted molar refractivity (Wildman–Crippen MR) is 111 cm³/mol. The molecule has 0 aliphatic carbocycles. The van der Waals surface area contributed by atoms with Gasteiger partial charge in [-0.1, -0.05) is 0 Å². The molecule has 4 aromatic heterocycles. The summed E-state index contributed by atoms with van der Waals surface area (Å²) in [6.45, 7) is 2.54. The summed E-state index contributed by atoms with van der Waals surface area (Å²) in [5.74, 6) is 1.94. The molecule has 5 rings (SSSR count). The smallest absolute Gasteiger partial charge is 0.228 e. The average molecular weight is 406 g/mol. The van der Waals surface area contributed by atoms with E-state index >= 15 is 0 Å². The van der Waals surface area contributed by atoms with Crippen molar-refractivity contribution in [3.8, 4) is 17.0 Å². The highest BCUT2D eigenvalue weighted by Crippen LogP contribution is 2.34. The Kier molecular flexibility index (Phi) is 4.27. The zero-order valence-electron chi connectivity index (χ0n) is 17.0. The lowest BCUT2D eigenvalue weighted by molar-refractivity contribution is -0.132. The van der Waals surface area contributed by atoms with E-state index in [0.29, 0.717) is 30.4 Å². The molecular formula is C20H22N8O2. The normalized spacial score (nSPS) is 17.1. The first kappa shape index (κ1) is 18.3. The van der Waals surface area contributed by atoms with E-state index in [1.54, 1.807) is 12.0 Å². The average Bonchev–Trinajstić information content (AvgIpc) is 3.34. The van der Waals surface area contributed by atoms with Gasteiger partial charge in [0.2, 0.25) is 17.7 Å². The van der Waals surface area contributed by atoms with Gasteiger partial charge in [0, 0.05) is 49.6 Å². The van der Waals surface area contributed by atoms with Gasteiger partial charge in [-0.25, -0.2) is 0 Å². The number of carbonyl (C=O) groups excluding carboxylic acids is 1. The van der Waals surface area contributed by atoms with E-state index in [2.05, 4.69) is 30.5 Å². The molecule has 1 aliphatic rings. The summed E-state index contributed by atoms with van der Waals surface area (Å²) < 4.78 is 7.55. The van der Waals surface area contributed by atoms with Crippen LogP contribution in [-0.2, 0) is 4.79 Å². The van der Waals surface area contributed by atoms with Crippen molar-refractivity contribution < 1.29 is 9.53 Å². The summed E-state index contributed by atoms with van der Waals surface area (Å²) in [6, 6.07) is 4.02. The van der Waals surface area contributed by atoms with Gasteiger partial charge in [0.25, 0.3) is 0 Å². The first-order valence-corrected chi connectivity index (χ1v) is 9.79. The van der Waals surface area contributed by atoms with E-state index in [4.69, 9.17) is 4.74 Å². The van der Waals surface area contributed by atoms with Gasteiger partial charge in [-0.2, -0.15) is 9.97 Å². The number of fused-ring (bicyclic) bond motifs is 2. The molecule has 1 saturated heterocycles. The van der Waals surface area contributed by atoms with Gasteiger partial charge >= 0.3 is 0 Å². The molecule has 10 nitrogen and oxygen atoms in total. The second-order valence-corrected chi connectivity index (χ2v) is 7.53. The molecule has 1 aliphatic heterocycles. The number of aryl methyl sites for hydroxylation is 1. The van der Waals surface area contributed by atoms with Crippen molar-refractivity contribution in [2.75, 3.05) is 26.0 Å². The molecule has 2 N–H and O–H groups in total. The number of carbonyl (C=O) groups is 1. The van der Waals surface area contributed by atoms with Crippen LogP contribution in [-0.4, -0.2) is 67.1 Å². The fraction of sp³-hybridized carbons (Fsp3) is 0.350. The Morgan fingerprint density at radius 1 is 1.27 bits per heavy atom. The van der Waals surface area contributed by atoms with Crippen LogP contribution in [0.5, 0.6) is 5.88 Å². The molecule has 4 aromatic rings. The molecule has 0 unspecified atom stereocenters. The second-order valence-electron chi connectivity index (χ2n) is 7.53. The Bertz CT molecular complexity index is 1260. The summed E-state index contributed by atoms with van der Waals surface area (Å²) in [7, 11) is 3.41. The van der Waals surface area contributed by atoms with Crippen molar-refractivity contribution in [1.29, 1.82) is 0 Å². The third-order valence-electron chi connectivity index (χ3n) is 5.54.